The predicted molar refractivity (Wildman–Crippen MR) is 153 cm³/mol. The van der Waals surface area contributed by atoms with Crippen molar-refractivity contribution in [3.63, 3.8) is 0 Å². The van der Waals surface area contributed by atoms with E-state index in [1.54, 1.807) is 18.1 Å². The molecule has 2 aromatic carbocycles. The molecule has 198 valence electrons. The van der Waals surface area contributed by atoms with Crippen LogP contribution in [-0.4, -0.2) is 53.3 Å². The number of aromatic nitrogens is 2. The normalized spacial score (nSPS) is 15.7. The molecule has 1 aliphatic rings. The van der Waals surface area contributed by atoms with Crippen molar-refractivity contribution in [2.45, 2.75) is 51.2 Å². The van der Waals surface area contributed by atoms with E-state index in [1.807, 2.05) is 49.4 Å². The van der Waals surface area contributed by atoms with Gasteiger partial charge in [-0.2, -0.15) is 4.98 Å². The molecule has 0 spiro atoms. The fourth-order valence-corrected chi connectivity index (χ4v) is 4.81. The lowest BCUT2D eigenvalue weighted by Crippen LogP contribution is -2.24. The molecular formula is C27H35ClN6O2S. The Morgan fingerprint density at radius 2 is 1.97 bits per heavy atom. The van der Waals surface area contributed by atoms with Crippen LogP contribution in [0.15, 0.2) is 53.6 Å². The number of nitrogens with zero attached hydrogens (tertiary/aromatic N) is 3. The van der Waals surface area contributed by atoms with Crippen molar-refractivity contribution in [1.82, 2.24) is 19.6 Å². The molecule has 1 atom stereocenters. The van der Waals surface area contributed by atoms with Crippen LogP contribution in [0.2, 0.25) is 5.02 Å². The summed E-state index contributed by atoms with van der Waals surface area (Å²) in [5.74, 6) is 2.39. The van der Waals surface area contributed by atoms with Crippen molar-refractivity contribution in [2.24, 2.45) is 0 Å². The van der Waals surface area contributed by atoms with E-state index in [0.717, 1.165) is 48.1 Å². The number of halogens is 1. The van der Waals surface area contributed by atoms with Crippen molar-refractivity contribution < 1.29 is 9.47 Å². The van der Waals surface area contributed by atoms with E-state index in [4.69, 9.17) is 21.1 Å². The molecule has 0 bridgehead atoms. The van der Waals surface area contributed by atoms with Crippen molar-refractivity contribution in [2.75, 3.05) is 36.9 Å². The van der Waals surface area contributed by atoms with E-state index in [1.165, 1.54) is 0 Å². The third-order valence-corrected chi connectivity index (χ3v) is 7.21. The standard InChI is InChI=1S/C27H35ClN6O2S/c1-5-34-14-13-20(17-34)36-19-11-12-22(24(15-19)35-6-2)31-27-29-16-21(28)26(32-27)30-23-9-7-8-10-25(23)37-33-18(3)4/h7-12,15-16,18,20,33H,5-6,13-14,17H2,1-4H3,(H2,29,30,31,32). The number of para-hydroxylation sites is 1. The second kappa shape index (κ2) is 13.2. The van der Waals surface area contributed by atoms with Crippen LogP contribution in [-0.2, 0) is 0 Å². The van der Waals surface area contributed by atoms with Crippen LogP contribution >= 0.6 is 23.5 Å². The lowest BCUT2D eigenvalue weighted by molar-refractivity contribution is 0.201. The highest BCUT2D eigenvalue weighted by molar-refractivity contribution is 7.97. The average molecular weight is 543 g/mol. The van der Waals surface area contributed by atoms with Gasteiger partial charge in [-0.3, -0.25) is 9.62 Å². The Labute approximate surface area is 228 Å². The molecule has 3 aromatic rings. The Hall–Kier alpha value is -2.72. The first-order valence-electron chi connectivity index (χ1n) is 12.7. The van der Waals surface area contributed by atoms with Gasteiger partial charge in [-0.1, -0.05) is 30.7 Å². The zero-order valence-corrected chi connectivity index (χ0v) is 23.3. The summed E-state index contributed by atoms with van der Waals surface area (Å²) in [4.78, 5) is 12.4. The molecule has 0 saturated carbocycles. The van der Waals surface area contributed by atoms with E-state index >= 15 is 0 Å². The monoisotopic (exact) mass is 542 g/mol. The molecule has 0 radical (unpaired) electrons. The van der Waals surface area contributed by atoms with Gasteiger partial charge in [0.25, 0.3) is 0 Å². The van der Waals surface area contributed by atoms with E-state index < -0.39 is 0 Å². The highest BCUT2D eigenvalue weighted by Crippen LogP contribution is 2.34. The van der Waals surface area contributed by atoms with E-state index in [9.17, 15) is 0 Å². The molecule has 8 nitrogen and oxygen atoms in total. The van der Waals surface area contributed by atoms with Gasteiger partial charge in [0.05, 0.1) is 24.2 Å². The maximum absolute atomic E-state index is 6.45. The molecule has 4 rings (SSSR count). The molecule has 0 amide bonds. The minimum Gasteiger partial charge on any atom is -0.492 e. The highest BCUT2D eigenvalue weighted by Gasteiger charge is 2.23. The third kappa shape index (κ3) is 7.64. The maximum Gasteiger partial charge on any atom is 0.229 e. The predicted octanol–water partition coefficient (Wildman–Crippen LogP) is 6.49. The smallest absolute Gasteiger partial charge is 0.229 e. The van der Waals surface area contributed by atoms with Crippen molar-refractivity contribution in [3.05, 3.63) is 53.7 Å². The van der Waals surface area contributed by atoms with Crippen LogP contribution in [0.25, 0.3) is 0 Å². The number of hydrogen-bond donors (Lipinski definition) is 3. The summed E-state index contributed by atoms with van der Waals surface area (Å²) in [7, 11) is 0. The number of likely N-dealkylation sites (N-methyl/N-ethyl adjacent to an activating group) is 1. The molecule has 2 heterocycles. The van der Waals surface area contributed by atoms with Gasteiger partial charge in [-0.05, 0) is 70.0 Å². The highest BCUT2D eigenvalue weighted by atomic mass is 35.5. The second-order valence-electron chi connectivity index (χ2n) is 9.02. The molecule has 1 unspecified atom stereocenters. The first kappa shape index (κ1) is 27.3. The third-order valence-electron chi connectivity index (χ3n) is 5.77. The summed E-state index contributed by atoms with van der Waals surface area (Å²) in [6.45, 7) is 11.9. The minimum atomic E-state index is 0.193. The van der Waals surface area contributed by atoms with E-state index in [0.29, 0.717) is 35.2 Å². The zero-order valence-electron chi connectivity index (χ0n) is 21.8. The minimum absolute atomic E-state index is 0.193. The van der Waals surface area contributed by atoms with Gasteiger partial charge in [0.2, 0.25) is 5.95 Å². The summed E-state index contributed by atoms with van der Waals surface area (Å²) in [5, 5.41) is 7.05. The number of ether oxygens (including phenoxy) is 2. The van der Waals surface area contributed by atoms with Crippen LogP contribution in [0, 0.1) is 0 Å². The van der Waals surface area contributed by atoms with Crippen LogP contribution in [0.5, 0.6) is 11.5 Å². The van der Waals surface area contributed by atoms with Gasteiger partial charge in [-0.25, -0.2) is 4.98 Å². The topological polar surface area (TPSA) is 83.6 Å². The summed E-state index contributed by atoms with van der Waals surface area (Å²) < 4.78 is 15.5. The van der Waals surface area contributed by atoms with Crippen LogP contribution in [0.4, 0.5) is 23.1 Å². The van der Waals surface area contributed by atoms with Crippen LogP contribution in [0.3, 0.4) is 0 Å². The summed E-state index contributed by atoms with van der Waals surface area (Å²) >= 11 is 8.01. The SMILES string of the molecule is CCOc1cc(OC2CCN(CC)C2)ccc1Nc1ncc(Cl)c(Nc2ccccc2SNC(C)C)n1. The number of anilines is 4. The van der Waals surface area contributed by atoms with Crippen molar-refractivity contribution >= 4 is 46.7 Å². The van der Waals surface area contributed by atoms with Gasteiger partial charge in [0, 0.05) is 30.1 Å². The first-order chi connectivity index (χ1) is 17.9. The summed E-state index contributed by atoms with van der Waals surface area (Å²) in [6, 6.07) is 14.2. The number of benzene rings is 2. The molecule has 1 fully saturated rings. The average Bonchev–Trinajstić information content (AvgIpc) is 3.34. The Morgan fingerprint density at radius 1 is 1.14 bits per heavy atom. The fraction of sp³-hybridized carbons (Fsp3) is 0.407. The second-order valence-corrected chi connectivity index (χ2v) is 10.3. The molecule has 1 aromatic heterocycles. The zero-order chi connectivity index (χ0) is 26.2. The summed E-state index contributed by atoms with van der Waals surface area (Å²) in [6.07, 6.45) is 2.80. The van der Waals surface area contributed by atoms with Gasteiger partial charge in [0.1, 0.15) is 22.6 Å². The van der Waals surface area contributed by atoms with Gasteiger partial charge < -0.3 is 20.1 Å². The first-order valence-corrected chi connectivity index (χ1v) is 13.9. The molecule has 37 heavy (non-hydrogen) atoms. The Balaban J connectivity index is 1.50. The quantitative estimate of drug-likeness (QED) is 0.222. The van der Waals surface area contributed by atoms with Crippen molar-refractivity contribution in [1.29, 1.82) is 0 Å². The molecule has 1 saturated heterocycles. The lowest BCUT2D eigenvalue weighted by Gasteiger charge is -2.18. The number of likely N-dealkylation sites (tertiary alicyclic amines) is 1. The Kier molecular flexibility index (Phi) is 9.74. The van der Waals surface area contributed by atoms with Gasteiger partial charge in [-0.15, -0.1) is 0 Å². The Morgan fingerprint density at radius 3 is 2.73 bits per heavy atom. The Bertz CT molecular complexity index is 1180. The van der Waals surface area contributed by atoms with Crippen LogP contribution in [0.1, 0.15) is 34.1 Å². The molecule has 10 heteroatoms. The van der Waals surface area contributed by atoms with Crippen LogP contribution < -0.4 is 24.8 Å². The van der Waals surface area contributed by atoms with E-state index in [2.05, 4.69) is 51.0 Å². The van der Waals surface area contributed by atoms with Crippen molar-refractivity contribution in [3.8, 4) is 11.5 Å². The molecule has 3 N–H and O–H groups in total. The number of hydrogen-bond acceptors (Lipinski definition) is 9. The maximum atomic E-state index is 6.45. The summed E-state index contributed by atoms with van der Waals surface area (Å²) in [5.41, 5.74) is 1.65. The van der Waals surface area contributed by atoms with Gasteiger partial charge in [0.15, 0.2) is 5.82 Å². The fourth-order valence-electron chi connectivity index (χ4n) is 3.93. The number of rotatable bonds is 12. The largest absolute Gasteiger partial charge is 0.492 e. The number of nitrogens with one attached hydrogen (secondary N) is 3. The lowest BCUT2D eigenvalue weighted by atomic mass is 10.2. The molecular weight excluding hydrogens is 508 g/mol. The van der Waals surface area contributed by atoms with E-state index in [-0.39, 0.29) is 6.10 Å². The molecule has 0 aliphatic carbocycles. The molecule has 1 aliphatic heterocycles. The van der Waals surface area contributed by atoms with Gasteiger partial charge >= 0.3 is 0 Å².